The van der Waals surface area contributed by atoms with Crippen molar-refractivity contribution in [1.82, 2.24) is 0 Å². The highest BCUT2D eigenvalue weighted by Gasteiger charge is 2.32. The van der Waals surface area contributed by atoms with Crippen LogP contribution in [0.15, 0.2) is 66.7 Å². The molecule has 0 radical (unpaired) electrons. The Morgan fingerprint density at radius 2 is 1.76 bits per heavy atom. The zero-order valence-electron chi connectivity index (χ0n) is 18.8. The van der Waals surface area contributed by atoms with Crippen molar-refractivity contribution >= 4 is 23.5 Å². The maximum atomic E-state index is 13.6. The standard InChI is InChI=1S/C27H25NO6/c1-33-22-13-10-21(16-23(22)34-17-18-6-3-2-4-7-18)27(32)28-24(29)14-11-19-8-5-9-20(26(19)28)12-15-25(30)31/h2-10,13,16H,11-12,14-15,17H2,1H3,(H,30,31). The first-order chi connectivity index (χ1) is 16.5. The molecule has 1 aliphatic heterocycles. The highest BCUT2D eigenvalue weighted by molar-refractivity contribution is 6.22. The third-order valence-corrected chi connectivity index (χ3v) is 5.74. The lowest BCUT2D eigenvalue weighted by molar-refractivity contribution is -0.137. The van der Waals surface area contributed by atoms with Gasteiger partial charge >= 0.3 is 5.97 Å². The molecule has 0 atom stereocenters. The number of anilines is 1. The van der Waals surface area contributed by atoms with Crippen molar-refractivity contribution in [3.8, 4) is 11.5 Å². The van der Waals surface area contributed by atoms with E-state index in [0.717, 1.165) is 11.1 Å². The summed E-state index contributed by atoms with van der Waals surface area (Å²) in [4.78, 5) is 38.8. The van der Waals surface area contributed by atoms with Gasteiger partial charge in [-0.15, -0.1) is 0 Å². The quantitative estimate of drug-likeness (QED) is 0.502. The van der Waals surface area contributed by atoms with Gasteiger partial charge in [-0.2, -0.15) is 0 Å². The number of ether oxygens (including phenoxy) is 2. The van der Waals surface area contributed by atoms with Crippen LogP contribution in [-0.4, -0.2) is 30.0 Å². The molecule has 1 aliphatic rings. The molecule has 0 saturated carbocycles. The number of carboxylic acids is 1. The van der Waals surface area contributed by atoms with Gasteiger partial charge in [0.1, 0.15) is 6.61 Å². The number of amides is 2. The number of hydrogen-bond acceptors (Lipinski definition) is 5. The van der Waals surface area contributed by atoms with E-state index in [1.807, 2.05) is 42.5 Å². The summed E-state index contributed by atoms with van der Waals surface area (Å²) in [5.41, 5.74) is 3.25. The fourth-order valence-electron chi connectivity index (χ4n) is 4.06. The molecule has 34 heavy (non-hydrogen) atoms. The van der Waals surface area contributed by atoms with Crippen LogP contribution in [0.2, 0.25) is 0 Å². The molecule has 3 aromatic rings. The minimum atomic E-state index is -0.937. The molecule has 0 aliphatic carbocycles. The van der Waals surface area contributed by atoms with Crippen LogP contribution in [0.5, 0.6) is 11.5 Å². The first-order valence-corrected chi connectivity index (χ1v) is 11.0. The second-order valence-electron chi connectivity index (χ2n) is 7.99. The van der Waals surface area contributed by atoms with E-state index >= 15 is 0 Å². The maximum Gasteiger partial charge on any atom is 0.303 e. The molecular weight excluding hydrogens is 434 g/mol. The van der Waals surface area contributed by atoms with Crippen molar-refractivity contribution in [2.24, 2.45) is 0 Å². The lowest BCUT2D eigenvalue weighted by atomic mass is 9.94. The van der Waals surface area contributed by atoms with Crippen LogP contribution >= 0.6 is 0 Å². The van der Waals surface area contributed by atoms with Crippen molar-refractivity contribution in [3.63, 3.8) is 0 Å². The highest BCUT2D eigenvalue weighted by atomic mass is 16.5. The van der Waals surface area contributed by atoms with Gasteiger partial charge in [0, 0.05) is 18.4 Å². The third kappa shape index (κ3) is 4.93. The predicted molar refractivity (Wildman–Crippen MR) is 126 cm³/mol. The summed E-state index contributed by atoms with van der Waals surface area (Å²) in [6, 6.07) is 19.9. The minimum absolute atomic E-state index is 0.0906. The van der Waals surface area contributed by atoms with E-state index in [4.69, 9.17) is 14.6 Å². The number of fused-ring (bicyclic) bond motifs is 1. The molecule has 174 valence electrons. The molecule has 0 spiro atoms. The Balaban J connectivity index is 1.66. The first kappa shape index (κ1) is 23.0. The topological polar surface area (TPSA) is 93.1 Å². The molecule has 0 unspecified atom stereocenters. The second kappa shape index (κ2) is 10.2. The van der Waals surface area contributed by atoms with E-state index in [9.17, 15) is 14.4 Å². The van der Waals surface area contributed by atoms with Gasteiger partial charge in [0.15, 0.2) is 11.5 Å². The fraction of sp³-hybridized carbons (Fsp3) is 0.222. The molecule has 1 N–H and O–H groups in total. The van der Waals surface area contributed by atoms with E-state index in [0.29, 0.717) is 35.8 Å². The van der Waals surface area contributed by atoms with Gasteiger partial charge in [-0.05, 0) is 47.7 Å². The summed E-state index contributed by atoms with van der Waals surface area (Å²) >= 11 is 0. The molecule has 4 rings (SSSR count). The van der Waals surface area contributed by atoms with Crippen molar-refractivity contribution in [1.29, 1.82) is 0 Å². The van der Waals surface area contributed by atoms with Gasteiger partial charge in [-0.3, -0.25) is 14.4 Å². The molecule has 0 fully saturated rings. The first-order valence-electron chi connectivity index (χ1n) is 11.0. The van der Waals surface area contributed by atoms with E-state index < -0.39 is 11.9 Å². The van der Waals surface area contributed by atoms with Crippen LogP contribution in [0, 0.1) is 0 Å². The average Bonchev–Trinajstić information content (AvgIpc) is 2.86. The van der Waals surface area contributed by atoms with E-state index in [1.54, 1.807) is 24.3 Å². The summed E-state index contributed by atoms with van der Waals surface area (Å²) in [5, 5.41) is 9.12. The van der Waals surface area contributed by atoms with Crippen LogP contribution in [0.3, 0.4) is 0 Å². The number of aryl methyl sites for hydroxylation is 2. The van der Waals surface area contributed by atoms with Crippen LogP contribution in [0.4, 0.5) is 5.69 Å². The molecule has 0 saturated heterocycles. The zero-order valence-corrected chi connectivity index (χ0v) is 18.8. The molecule has 7 heteroatoms. The Hall–Kier alpha value is -4.13. The molecule has 1 heterocycles. The highest BCUT2D eigenvalue weighted by Crippen LogP contribution is 2.35. The predicted octanol–water partition coefficient (Wildman–Crippen LogP) is 4.41. The molecule has 2 amide bonds. The van der Waals surface area contributed by atoms with Gasteiger partial charge in [0.25, 0.3) is 5.91 Å². The molecule has 7 nitrogen and oxygen atoms in total. The van der Waals surface area contributed by atoms with Gasteiger partial charge in [0.2, 0.25) is 5.91 Å². The Bertz CT molecular complexity index is 1220. The van der Waals surface area contributed by atoms with E-state index in [1.165, 1.54) is 12.0 Å². The monoisotopic (exact) mass is 459 g/mol. The number of hydrogen-bond donors (Lipinski definition) is 1. The summed E-state index contributed by atoms with van der Waals surface area (Å²) in [6.45, 7) is 0.291. The van der Waals surface area contributed by atoms with Crippen molar-refractivity contribution in [2.75, 3.05) is 12.0 Å². The van der Waals surface area contributed by atoms with Gasteiger partial charge in [-0.1, -0.05) is 48.5 Å². The summed E-state index contributed by atoms with van der Waals surface area (Å²) < 4.78 is 11.3. The normalized spacial score (nSPS) is 12.7. The number of carboxylic acid groups (broad SMARTS) is 1. The number of carbonyl (C=O) groups is 3. The second-order valence-corrected chi connectivity index (χ2v) is 7.99. The fourth-order valence-corrected chi connectivity index (χ4v) is 4.06. The average molecular weight is 459 g/mol. The van der Waals surface area contributed by atoms with Crippen molar-refractivity contribution < 1.29 is 29.0 Å². The van der Waals surface area contributed by atoms with Crippen LogP contribution in [0.1, 0.15) is 39.9 Å². The number of rotatable bonds is 8. The number of para-hydroxylation sites is 1. The maximum absolute atomic E-state index is 13.6. The lowest BCUT2D eigenvalue weighted by Crippen LogP contribution is -2.41. The van der Waals surface area contributed by atoms with Crippen LogP contribution < -0.4 is 14.4 Å². The third-order valence-electron chi connectivity index (χ3n) is 5.74. The smallest absolute Gasteiger partial charge is 0.303 e. The molecule has 0 bridgehead atoms. The molecular formula is C27H25NO6. The Labute approximate surface area is 197 Å². The number of aliphatic carboxylic acids is 1. The Morgan fingerprint density at radius 1 is 0.971 bits per heavy atom. The van der Waals surface area contributed by atoms with Gasteiger partial charge in [-0.25, -0.2) is 4.90 Å². The SMILES string of the molecule is COc1ccc(C(=O)N2C(=O)CCc3cccc(CCC(=O)O)c32)cc1OCc1ccccc1. The van der Waals surface area contributed by atoms with E-state index in [-0.39, 0.29) is 30.7 Å². The number of methoxy groups -OCH3 is 1. The van der Waals surface area contributed by atoms with Gasteiger partial charge < -0.3 is 14.6 Å². The number of nitrogens with zero attached hydrogens (tertiary/aromatic N) is 1. The number of imide groups is 1. The summed E-state index contributed by atoms with van der Waals surface area (Å²) in [6.07, 6.45) is 0.845. The van der Waals surface area contributed by atoms with Crippen molar-refractivity contribution in [2.45, 2.75) is 32.3 Å². The van der Waals surface area contributed by atoms with Crippen LogP contribution in [-0.2, 0) is 29.0 Å². The Kier molecular flexibility index (Phi) is 6.92. The summed E-state index contributed by atoms with van der Waals surface area (Å²) in [5.74, 6) is -0.877. The molecule has 0 aromatic heterocycles. The minimum Gasteiger partial charge on any atom is -0.493 e. The van der Waals surface area contributed by atoms with E-state index in [2.05, 4.69) is 0 Å². The zero-order chi connectivity index (χ0) is 24.1. The lowest BCUT2D eigenvalue weighted by Gasteiger charge is -2.30. The Morgan fingerprint density at radius 3 is 2.50 bits per heavy atom. The molecule has 3 aromatic carbocycles. The largest absolute Gasteiger partial charge is 0.493 e. The van der Waals surface area contributed by atoms with Crippen molar-refractivity contribution in [3.05, 3.63) is 89.0 Å². The summed E-state index contributed by atoms with van der Waals surface area (Å²) in [7, 11) is 1.52. The number of carbonyl (C=O) groups excluding carboxylic acids is 2. The van der Waals surface area contributed by atoms with Crippen LogP contribution in [0.25, 0.3) is 0 Å². The number of benzene rings is 3. The van der Waals surface area contributed by atoms with Gasteiger partial charge in [0.05, 0.1) is 12.8 Å².